The lowest BCUT2D eigenvalue weighted by Crippen LogP contribution is -2.08. The number of halogens is 1. The van der Waals surface area contributed by atoms with E-state index < -0.39 is 0 Å². The number of allylic oxidation sites excluding steroid dienone is 1. The number of hydrogen-bond acceptors (Lipinski definition) is 4. The predicted octanol–water partition coefficient (Wildman–Crippen LogP) is 6.29. The van der Waals surface area contributed by atoms with Crippen LogP contribution in [-0.4, -0.2) is 45.9 Å². The van der Waals surface area contributed by atoms with Crippen molar-refractivity contribution >= 4 is 30.0 Å². The van der Waals surface area contributed by atoms with Crippen LogP contribution < -0.4 is 0 Å². The summed E-state index contributed by atoms with van der Waals surface area (Å²) in [5.41, 5.74) is 5.80. The van der Waals surface area contributed by atoms with Crippen molar-refractivity contribution in [2.24, 2.45) is 4.99 Å². The molecule has 33 heavy (non-hydrogen) atoms. The molecule has 2 rings (SSSR count). The second-order valence-corrected chi connectivity index (χ2v) is 6.57. The average Bonchev–Trinajstić information content (AvgIpc) is 3.20. The normalized spacial score (nSPS) is 10.1. The minimum absolute atomic E-state index is 0. The van der Waals surface area contributed by atoms with Gasteiger partial charge in [-0.1, -0.05) is 64.5 Å². The summed E-state index contributed by atoms with van der Waals surface area (Å²) in [7, 11) is 2.00. The molecule has 1 heterocycles. The molecule has 1 aromatic heterocycles. The Morgan fingerprint density at radius 3 is 2.21 bits per heavy atom. The van der Waals surface area contributed by atoms with Crippen LogP contribution >= 0.6 is 12.4 Å². The summed E-state index contributed by atoms with van der Waals surface area (Å²) in [6.45, 7) is 14.4. The Balaban J connectivity index is -0.00000119. The number of hydrogen-bond donors (Lipinski definition) is 4. The van der Waals surface area contributed by atoms with Gasteiger partial charge in [-0.25, -0.2) is 9.98 Å². The number of nitrogens with one attached hydrogen (secondary N) is 2. The fourth-order valence-corrected chi connectivity index (χ4v) is 2.92. The highest BCUT2D eigenvalue weighted by Crippen LogP contribution is 2.17. The number of nitrogens with zero attached hydrogens (tertiary/aromatic N) is 2. The molecule has 0 fully saturated rings. The summed E-state index contributed by atoms with van der Waals surface area (Å²) in [5, 5.41) is 22.6. The van der Waals surface area contributed by atoms with Crippen LogP contribution in [0.25, 0.3) is 6.08 Å². The molecule has 0 aliphatic rings. The zero-order valence-corrected chi connectivity index (χ0v) is 22.7. The maximum atomic E-state index is 8.58. The molecule has 0 aliphatic carbocycles. The van der Waals surface area contributed by atoms with Crippen LogP contribution in [0.2, 0.25) is 0 Å². The van der Waals surface area contributed by atoms with Crippen LogP contribution in [-0.2, 0) is 6.42 Å². The second kappa shape index (κ2) is 21.6. The third-order valence-electron chi connectivity index (χ3n) is 4.27. The molecule has 1 aromatic carbocycles. The number of aliphatic hydroxyl groups excluding tert-OH is 2. The third-order valence-corrected chi connectivity index (χ3v) is 4.27. The summed E-state index contributed by atoms with van der Waals surface area (Å²) in [6.07, 6.45) is 7.88. The van der Waals surface area contributed by atoms with E-state index in [-0.39, 0.29) is 12.4 Å². The Morgan fingerprint density at radius 2 is 1.70 bits per heavy atom. The minimum Gasteiger partial charge on any atom is -0.400 e. The Kier molecular flexibility index (Phi) is 23.1. The van der Waals surface area contributed by atoms with Gasteiger partial charge in [0, 0.05) is 31.9 Å². The predicted molar refractivity (Wildman–Crippen MR) is 146 cm³/mol. The van der Waals surface area contributed by atoms with Gasteiger partial charge in [0.2, 0.25) is 0 Å². The fourth-order valence-electron chi connectivity index (χ4n) is 2.92. The van der Waals surface area contributed by atoms with E-state index in [0.29, 0.717) is 5.84 Å². The molecule has 2 aromatic rings. The zero-order valence-electron chi connectivity index (χ0n) is 21.9. The van der Waals surface area contributed by atoms with Crippen molar-refractivity contribution < 1.29 is 10.2 Å². The number of H-pyrrole nitrogens is 1. The lowest BCUT2D eigenvalue weighted by Gasteiger charge is -2.08. The van der Waals surface area contributed by atoms with Crippen molar-refractivity contribution in [2.45, 2.75) is 74.1 Å². The summed E-state index contributed by atoms with van der Waals surface area (Å²) in [5.74, 6) is 1.29. The first-order chi connectivity index (χ1) is 15.5. The molecule has 0 saturated heterocycles. The number of aromatic amines is 1. The van der Waals surface area contributed by atoms with Crippen LogP contribution in [0.3, 0.4) is 0 Å². The monoisotopic (exact) mass is 480 g/mol. The van der Waals surface area contributed by atoms with Crippen LogP contribution in [0.15, 0.2) is 29.3 Å². The molecule has 4 N–H and O–H groups in total. The SMILES string of the molecule is CC.CC/C=C\c1ccc(C)cc1C(=N)N=C(CC)c1nc(CCC)[nH]c1C.CO.CO.Cl. The van der Waals surface area contributed by atoms with Crippen molar-refractivity contribution in [3.63, 3.8) is 0 Å². The third kappa shape index (κ3) is 11.9. The average molecular weight is 481 g/mol. The van der Waals surface area contributed by atoms with Gasteiger partial charge in [0.1, 0.15) is 11.5 Å². The quantitative estimate of drug-likeness (QED) is 0.276. The summed E-state index contributed by atoms with van der Waals surface area (Å²) in [6, 6.07) is 6.17. The number of imidazole rings is 1. The molecule has 0 amide bonds. The first-order valence-corrected chi connectivity index (χ1v) is 11.4. The van der Waals surface area contributed by atoms with E-state index in [0.717, 1.165) is 79.5 Å². The molecule has 0 aliphatic heterocycles. The Bertz CT molecular complexity index is 843. The highest BCUT2D eigenvalue weighted by atomic mass is 35.5. The molecule has 0 atom stereocenters. The number of aryl methyl sites for hydroxylation is 3. The molecule has 0 spiro atoms. The molecular weight excluding hydrogens is 436 g/mol. The van der Waals surface area contributed by atoms with Crippen molar-refractivity contribution in [3.05, 3.63) is 58.2 Å². The first kappa shape index (κ1) is 35.3. The van der Waals surface area contributed by atoms with Gasteiger partial charge >= 0.3 is 0 Å². The van der Waals surface area contributed by atoms with Crippen LogP contribution in [0.5, 0.6) is 0 Å². The Hall–Kier alpha value is -2.28. The molecule has 6 nitrogen and oxygen atoms in total. The fraction of sp³-hybridized carbons (Fsp3) is 0.500. The molecule has 188 valence electrons. The van der Waals surface area contributed by atoms with E-state index in [1.54, 1.807) is 0 Å². The summed E-state index contributed by atoms with van der Waals surface area (Å²) in [4.78, 5) is 12.7. The van der Waals surface area contributed by atoms with E-state index in [9.17, 15) is 0 Å². The minimum atomic E-state index is 0. The largest absolute Gasteiger partial charge is 0.400 e. The second-order valence-electron chi connectivity index (χ2n) is 6.57. The molecule has 0 radical (unpaired) electrons. The number of rotatable bonds is 7. The lowest BCUT2D eigenvalue weighted by molar-refractivity contribution is 0.399. The maximum absolute atomic E-state index is 8.58. The highest BCUT2D eigenvalue weighted by molar-refractivity contribution is 6.12. The topological polar surface area (TPSA) is 105 Å². The standard InChI is InChI=1S/C22H30N4.C2H6.2CH4O.ClH/c1-6-9-11-17-13-12-15(4)14-18(17)22(23)25-19(8-3)21-16(5)24-20(26-21)10-7-2;3*1-2;/h9,11-14,23H,6-8,10H2,1-5H3,(H,24,26);1-2H3;2*2H,1H3;1H/b11-9-,23-22?,25-19?;;;;. The van der Waals surface area contributed by atoms with Crippen molar-refractivity contribution in [1.29, 1.82) is 5.41 Å². The van der Waals surface area contributed by atoms with Gasteiger partial charge in [0.25, 0.3) is 0 Å². The van der Waals surface area contributed by atoms with Crippen LogP contribution in [0.1, 0.15) is 87.8 Å². The summed E-state index contributed by atoms with van der Waals surface area (Å²) >= 11 is 0. The maximum Gasteiger partial charge on any atom is 0.152 e. The Morgan fingerprint density at radius 1 is 1.09 bits per heavy atom. The molecule has 0 unspecified atom stereocenters. The molecular formula is C26H45ClN4O2. The van der Waals surface area contributed by atoms with Crippen molar-refractivity contribution in [2.75, 3.05) is 14.2 Å². The number of aromatic nitrogens is 2. The molecule has 0 bridgehead atoms. The van der Waals surface area contributed by atoms with E-state index >= 15 is 0 Å². The number of aliphatic imine (C=N–C) groups is 1. The first-order valence-electron chi connectivity index (χ1n) is 11.4. The van der Waals surface area contributed by atoms with Crippen LogP contribution in [0, 0.1) is 19.3 Å². The zero-order chi connectivity index (χ0) is 25.1. The van der Waals surface area contributed by atoms with Crippen LogP contribution in [0.4, 0.5) is 0 Å². The number of aliphatic hydroxyl groups is 2. The van der Waals surface area contributed by atoms with Crippen molar-refractivity contribution in [1.82, 2.24) is 9.97 Å². The van der Waals surface area contributed by atoms with Gasteiger partial charge in [-0.2, -0.15) is 0 Å². The highest BCUT2D eigenvalue weighted by Gasteiger charge is 2.14. The van der Waals surface area contributed by atoms with E-state index in [1.807, 2.05) is 33.8 Å². The number of benzene rings is 1. The smallest absolute Gasteiger partial charge is 0.152 e. The molecule has 0 saturated carbocycles. The van der Waals surface area contributed by atoms with Gasteiger partial charge in [0.15, 0.2) is 5.84 Å². The van der Waals surface area contributed by atoms with E-state index in [1.165, 1.54) is 0 Å². The van der Waals surface area contributed by atoms with E-state index in [2.05, 4.69) is 55.0 Å². The number of amidine groups is 1. The lowest BCUT2D eigenvalue weighted by atomic mass is 10.0. The van der Waals surface area contributed by atoms with Gasteiger partial charge < -0.3 is 15.2 Å². The van der Waals surface area contributed by atoms with Gasteiger partial charge in [-0.05, 0) is 44.7 Å². The van der Waals surface area contributed by atoms with Gasteiger partial charge in [-0.3, -0.25) is 5.41 Å². The summed E-state index contributed by atoms with van der Waals surface area (Å²) < 4.78 is 0. The Labute approximate surface area is 207 Å². The van der Waals surface area contributed by atoms with Gasteiger partial charge in [0.05, 0.1) is 5.71 Å². The molecule has 7 heteroatoms. The van der Waals surface area contributed by atoms with Gasteiger partial charge in [-0.15, -0.1) is 12.4 Å². The van der Waals surface area contributed by atoms with E-state index in [4.69, 9.17) is 20.6 Å². The van der Waals surface area contributed by atoms with Crippen molar-refractivity contribution in [3.8, 4) is 0 Å².